The van der Waals surface area contributed by atoms with Crippen LogP contribution in [0.4, 0.5) is 0 Å². The monoisotopic (exact) mass is 271 g/mol. The van der Waals surface area contributed by atoms with Gasteiger partial charge in [0.05, 0.1) is 6.10 Å². The van der Waals surface area contributed by atoms with Crippen molar-refractivity contribution in [3.05, 3.63) is 0 Å². The highest BCUT2D eigenvalue weighted by Gasteiger charge is 2.29. The molecule has 5 heteroatoms. The molecular weight excluding hydrogens is 246 g/mol. The number of hydrogen-bond donors (Lipinski definition) is 2. The SMILES string of the molecule is CCCCC(NC(=O)C1CCOC(CC)C1)C(=O)O. The summed E-state index contributed by atoms with van der Waals surface area (Å²) in [5, 5.41) is 11.8. The molecule has 1 amide bonds. The lowest BCUT2D eigenvalue weighted by atomic mass is 9.93. The number of amides is 1. The first-order valence-corrected chi connectivity index (χ1v) is 7.23. The van der Waals surface area contributed by atoms with Crippen LogP contribution in [0.1, 0.15) is 52.4 Å². The quantitative estimate of drug-likeness (QED) is 0.742. The van der Waals surface area contributed by atoms with Gasteiger partial charge in [0.15, 0.2) is 0 Å². The van der Waals surface area contributed by atoms with Gasteiger partial charge in [-0.15, -0.1) is 0 Å². The lowest BCUT2D eigenvalue weighted by Crippen LogP contribution is -2.45. The van der Waals surface area contributed by atoms with Crippen molar-refractivity contribution in [2.75, 3.05) is 6.61 Å². The summed E-state index contributed by atoms with van der Waals surface area (Å²) in [7, 11) is 0. The van der Waals surface area contributed by atoms with Gasteiger partial charge in [0.2, 0.25) is 5.91 Å². The number of ether oxygens (including phenoxy) is 1. The summed E-state index contributed by atoms with van der Waals surface area (Å²) in [6.07, 6.45) is 4.63. The molecule has 1 aliphatic heterocycles. The highest BCUT2D eigenvalue weighted by Crippen LogP contribution is 2.22. The molecule has 0 aromatic heterocycles. The van der Waals surface area contributed by atoms with E-state index in [0.717, 1.165) is 19.3 Å². The van der Waals surface area contributed by atoms with Gasteiger partial charge in [-0.2, -0.15) is 0 Å². The Morgan fingerprint density at radius 3 is 2.74 bits per heavy atom. The van der Waals surface area contributed by atoms with Gasteiger partial charge >= 0.3 is 5.97 Å². The Kier molecular flexibility index (Phi) is 6.84. The Morgan fingerprint density at radius 2 is 2.16 bits per heavy atom. The lowest BCUT2D eigenvalue weighted by molar-refractivity contribution is -0.143. The van der Waals surface area contributed by atoms with Crippen LogP contribution in [0.15, 0.2) is 0 Å². The van der Waals surface area contributed by atoms with Gasteiger partial charge < -0.3 is 15.2 Å². The Hall–Kier alpha value is -1.10. The summed E-state index contributed by atoms with van der Waals surface area (Å²) in [6, 6.07) is -0.754. The first-order chi connectivity index (χ1) is 9.08. The van der Waals surface area contributed by atoms with E-state index < -0.39 is 12.0 Å². The molecule has 1 fully saturated rings. The second-order valence-corrected chi connectivity index (χ2v) is 5.16. The third-order valence-electron chi connectivity index (χ3n) is 3.65. The molecule has 0 spiro atoms. The van der Waals surface area contributed by atoms with Crippen molar-refractivity contribution < 1.29 is 19.4 Å². The van der Waals surface area contributed by atoms with Crippen molar-refractivity contribution >= 4 is 11.9 Å². The Labute approximate surface area is 114 Å². The molecule has 0 bridgehead atoms. The summed E-state index contributed by atoms with van der Waals surface area (Å²) >= 11 is 0. The van der Waals surface area contributed by atoms with E-state index in [0.29, 0.717) is 25.9 Å². The summed E-state index contributed by atoms with van der Waals surface area (Å²) in [5.41, 5.74) is 0. The van der Waals surface area contributed by atoms with Crippen LogP contribution in [0.5, 0.6) is 0 Å². The molecule has 0 aromatic carbocycles. The fourth-order valence-electron chi connectivity index (χ4n) is 2.36. The van der Waals surface area contributed by atoms with Crippen LogP contribution in [0.2, 0.25) is 0 Å². The highest BCUT2D eigenvalue weighted by molar-refractivity contribution is 5.85. The molecule has 1 saturated heterocycles. The molecule has 3 unspecified atom stereocenters. The zero-order chi connectivity index (χ0) is 14.3. The van der Waals surface area contributed by atoms with Crippen molar-refractivity contribution in [3.8, 4) is 0 Å². The van der Waals surface area contributed by atoms with Crippen molar-refractivity contribution in [1.82, 2.24) is 5.32 Å². The van der Waals surface area contributed by atoms with Crippen LogP contribution >= 0.6 is 0 Å². The molecule has 2 N–H and O–H groups in total. The second-order valence-electron chi connectivity index (χ2n) is 5.16. The van der Waals surface area contributed by atoms with Crippen molar-refractivity contribution in [2.45, 2.75) is 64.5 Å². The fraction of sp³-hybridized carbons (Fsp3) is 0.857. The van der Waals surface area contributed by atoms with Crippen LogP contribution in [0.3, 0.4) is 0 Å². The number of nitrogens with one attached hydrogen (secondary N) is 1. The number of unbranched alkanes of at least 4 members (excludes halogenated alkanes) is 1. The number of carboxylic acids is 1. The van der Waals surface area contributed by atoms with Crippen LogP contribution in [0.25, 0.3) is 0 Å². The third kappa shape index (κ3) is 5.19. The molecule has 1 rings (SSSR count). The maximum absolute atomic E-state index is 12.1. The third-order valence-corrected chi connectivity index (χ3v) is 3.65. The summed E-state index contributed by atoms with van der Waals surface area (Å²) < 4.78 is 5.53. The molecule has 1 heterocycles. The smallest absolute Gasteiger partial charge is 0.326 e. The van der Waals surface area contributed by atoms with Crippen molar-refractivity contribution in [3.63, 3.8) is 0 Å². The molecule has 5 nitrogen and oxygen atoms in total. The Morgan fingerprint density at radius 1 is 1.42 bits per heavy atom. The standard InChI is InChI=1S/C14H25NO4/c1-3-5-6-12(14(17)18)15-13(16)10-7-8-19-11(4-2)9-10/h10-12H,3-9H2,1-2H3,(H,15,16)(H,17,18). The van der Waals surface area contributed by atoms with E-state index in [2.05, 4.69) is 5.32 Å². The maximum atomic E-state index is 12.1. The van der Waals surface area contributed by atoms with Gasteiger partial charge in [-0.3, -0.25) is 4.79 Å². The zero-order valence-corrected chi connectivity index (χ0v) is 11.9. The number of hydrogen-bond acceptors (Lipinski definition) is 3. The maximum Gasteiger partial charge on any atom is 0.326 e. The number of carboxylic acid groups (broad SMARTS) is 1. The van der Waals surface area contributed by atoms with Gasteiger partial charge in [0, 0.05) is 12.5 Å². The molecule has 19 heavy (non-hydrogen) atoms. The van der Waals surface area contributed by atoms with Gasteiger partial charge in [0.1, 0.15) is 6.04 Å². The lowest BCUT2D eigenvalue weighted by Gasteiger charge is -2.29. The van der Waals surface area contributed by atoms with Gasteiger partial charge in [-0.05, 0) is 25.7 Å². The van der Waals surface area contributed by atoms with Crippen molar-refractivity contribution in [1.29, 1.82) is 0 Å². The minimum atomic E-state index is -0.944. The topological polar surface area (TPSA) is 75.6 Å². The molecule has 3 atom stereocenters. The van der Waals surface area contributed by atoms with Gasteiger partial charge in [-0.25, -0.2) is 4.79 Å². The van der Waals surface area contributed by atoms with Crippen LogP contribution in [-0.4, -0.2) is 35.7 Å². The van der Waals surface area contributed by atoms with Gasteiger partial charge in [0.25, 0.3) is 0 Å². The molecule has 1 aliphatic rings. The number of carbonyl (C=O) groups is 2. The van der Waals surface area contributed by atoms with E-state index in [-0.39, 0.29) is 17.9 Å². The molecular formula is C14H25NO4. The fourth-order valence-corrected chi connectivity index (χ4v) is 2.36. The van der Waals surface area contributed by atoms with E-state index in [9.17, 15) is 9.59 Å². The number of carbonyl (C=O) groups excluding carboxylic acids is 1. The van der Waals surface area contributed by atoms with Crippen LogP contribution < -0.4 is 5.32 Å². The molecule has 0 saturated carbocycles. The van der Waals surface area contributed by atoms with E-state index in [1.165, 1.54) is 0 Å². The van der Waals surface area contributed by atoms with E-state index in [1.54, 1.807) is 0 Å². The summed E-state index contributed by atoms with van der Waals surface area (Å²) in [6.45, 7) is 4.63. The van der Waals surface area contributed by atoms with E-state index >= 15 is 0 Å². The van der Waals surface area contributed by atoms with Crippen molar-refractivity contribution in [2.24, 2.45) is 5.92 Å². The van der Waals surface area contributed by atoms with Crippen LogP contribution in [-0.2, 0) is 14.3 Å². The van der Waals surface area contributed by atoms with E-state index in [1.807, 2.05) is 13.8 Å². The largest absolute Gasteiger partial charge is 0.480 e. The minimum absolute atomic E-state index is 0.109. The Balaban J connectivity index is 2.48. The summed E-state index contributed by atoms with van der Waals surface area (Å²) in [5.74, 6) is -1.19. The predicted molar refractivity (Wildman–Crippen MR) is 71.8 cm³/mol. The van der Waals surface area contributed by atoms with Gasteiger partial charge in [-0.1, -0.05) is 26.7 Å². The van der Waals surface area contributed by atoms with Crippen LogP contribution in [0, 0.1) is 5.92 Å². The first-order valence-electron chi connectivity index (χ1n) is 7.23. The molecule has 110 valence electrons. The normalized spacial score (nSPS) is 24.7. The second kappa shape index (κ2) is 8.15. The predicted octanol–water partition coefficient (Wildman–Crippen LogP) is 1.95. The summed E-state index contributed by atoms with van der Waals surface area (Å²) in [4.78, 5) is 23.2. The average molecular weight is 271 g/mol. The number of aliphatic carboxylic acids is 1. The average Bonchev–Trinajstić information content (AvgIpc) is 2.42. The zero-order valence-electron chi connectivity index (χ0n) is 11.9. The molecule has 0 radical (unpaired) electrons. The highest BCUT2D eigenvalue weighted by atomic mass is 16.5. The Bertz CT molecular complexity index is 306. The molecule has 0 aliphatic carbocycles. The number of rotatable bonds is 7. The van der Waals surface area contributed by atoms with E-state index in [4.69, 9.17) is 9.84 Å². The molecule has 0 aromatic rings. The minimum Gasteiger partial charge on any atom is -0.480 e. The first kappa shape index (κ1) is 16.0.